The highest BCUT2D eigenvalue weighted by atomic mass is 16.4. The molecular weight excluding hydrogens is 548 g/mol. The smallest absolute Gasteiger partial charge is 0.327 e. The van der Waals surface area contributed by atoms with Gasteiger partial charge in [-0.3, -0.25) is 15.0 Å². The standard InChI is InChI=1S/C32H52N6O5/c33-31(34)37-15-5-7-23(21-37)20-26-28(30(41)42)38(29(26)40)32(43)36-18-16-35(17-19-36)27(39)10-4-6-22-11-13-25(14-12-22)24-8-2-1-3-9-24/h22-26,28H,1-21H2,(H3,33,34)(H,41,42)/t22?,23?,25?,26-,28?/m1/s1. The fourth-order valence-corrected chi connectivity index (χ4v) is 8.66. The zero-order chi connectivity index (χ0) is 30.5. The summed E-state index contributed by atoms with van der Waals surface area (Å²) < 4.78 is 0. The highest BCUT2D eigenvalue weighted by Crippen LogP contribution is 2.41. The Morgan fingerprint density at radius 2 is 1.44 bits per heavy atom. The first-order chi connectivity index (χ1) is 20.7. The quantitative estimate of drug-likeness (QED) is 0.218. The van der Waals surface area contributed by atoms with Crippen LogP contribution < -0.4 is 5.73 Å². The molecule has 0 aromatic rings. The van der Waals surface area contributed by atoms with Gasteiger partial charge >= 0.3 is 12.0 Å². The Bertz CT molecular complexity index is 1030. The van der Waals surface area contributed by atoms with E-state index in [1.165, 1.54) is 62.7 Å². The Hall–Kier alpha value is -2.85. The number of guanidine groups is 1. The number of urea groups is 1. The topological polar surface area (TPSA) is 151 Å². The van der Waals surface area contributed by atoms with E-state index in [2.05, 4.69) is 0 Å². The van der Waals surface area contributed by atoms with Gasteiger partial charge in [0.05, 0.1) is 5.92 Å². The van der Waals surface area contributed by atoms with Gasteiger partial charge in [0.2, 0.25) is 11.8 Å². The van der Waals surface area contributed by atoms with Crippen LogP contribution in [0.2, 0.25) is 0 Å². The molecule has 0 bridgehead atoms. The second kappa shape index (κ2) is 14.3. The molecule has 0 aromatic heterocycles. The third-order valence-electron chi connectivity index (χ3n) is 11.2. The summed E-state index contributed by atoms with van der Waals surface area (Å²) in [6.45, 7) is 2.62. The number of nitrogens with two attached hydrogens (primary N) is 1. The summed E-state index contributed by atoms with van der Waals surface area (Å²) in [5.41, 5.74) is 5.63. The number of imide groups is 1. The van der Waals surface area contributed by atoms with Gasteiger partial charge in [-0.1, -0.05) is 44.9 Å². The summed E-state index contributed by atoms with van der Waals surface area (Å²) >= 11 is 0. The van der Waals surface area contributed by atoms with Crippen molar-refractivity contribution < 1.29 is 24.3 Å². The van der Waals surface area contributed by atoms with Gasteiger partial charge in [0, 0.05) is 45.7 Å². The number of carbonyl (C=O) groups excluding carboxylic acids is 3. The fourth-order valence-electron chi connectivity index (χ4n) is 8.66. The van der Waals surface area contributed by atoms with Crippen LogP contribution in [0, 0.1) is 35.0 Å². The van der Waals surface area contributed by atoms with Crippen molar-refractivity contribution in [2.45, 2.75) is 102 Å². The van der Waals surface area contributed by atoms with Gasteiger partial charge in [-0.15, -0.1) is 0 Å². The third-order valence-corrected chi connectivity index (χ3v) is 11.2. The number of nitrogens with zero attached hydrogens (tertiary/aromatic N) is 4. The first-order valence-electron chi connectivity index (χ1n) is 16.9. The molecule has 2 saturated carbocycles. The summed E-state index contributed by atoms with van der Waals surface area (Å²) in [5.74, 6) is 0.431. The third kappa shape index (κ3) is 7.45. The molecule has 4 amide bonds. The second-order valence-corrected chi connectivity index (χ2v) is 13.9. The Kier molecular flexibility index (Phi) is 10.5. The number of rotatable bonds is 8. The fraction of sp³-hybridized carbons (Fsp3) is 0.844. The Morgan fingerprint density at radius 1 is 0.791 bits per heavy atom. The molecule has 240 valence electrons. The molecule has 5 rings (SSSR count). The SMILES string of the molecule is N=C(N)N1CCCC(C[C@H]2C(=O)N(C(=O)N3CCN(C(=O)CCCC4CCC(C5CCCCC5)CC4)CC3)C2C(=O)O)C1. The van der Waals surface area contributed by atoms with Crippen molar-refractivity contribution in [3.05, 3.63) is 0 Å². The molecule has 3 saturated heterocycles. The van der Waals surface area contributed by atoms with Gasteiger partial charge in [-0.05, 0) is 68.6 Å². The summed E-state index contributed by atoms with van der Waals surface area (Å²) in [7, 11) is 0. The van der Waals surface area contributed by atoms with E-state index in [4.69, 9.17) is 11.1 Å². The molecule has 11 heteroatoms. The van der Waals surface area contributed by atoms with Gasteiger partial charge < -0.3 is 25.5 Å². The Morgan fingerprint density at radius 3 is 2.09 bits per heavy atom. The number of hydrogen-bond acceptors (Lipinski definition) is 5. The normalized spacial score (nSPS) is 30.6. The van der Waals surface area contributed by atoms with Crippen LogP contribution in [0.15, 0.2) is 0 Å². The van der Waals surface area contributed by atoms with Crippen molar-refractivity contribution in [3.63, 3.8) is 0 Å². The molecule has 5 aliphatic rings. The van der Waals surface area contributed by atoms with Crippen molar-refractivity contribution in [1.29, 1.82) is 5.41 Å². The van der Waals surface area contributed by atoms with Crippen molar-refractivity contribution in [2.75, 3.05) is 39.3 Å². The first-order valence-corrected chi connectivity index (χ1v) is 16.9. The number of amides is 4. The zero-order valence-electron chi connectivity index (χ0n) is 25.8. The summed E-state index contributed by atoms with van der Waals surface area (Å²) in [5, 5.41) is 17.6. The highest BCUT2D eigenvalue weighted by molar-refractivity contribution is 6.07. The molecule has 2 aliphatic carbocycles. The summed E-state index contributed by atoms with van der Waals surface area (Å²) in [6.07, 6.45) is 17.0. The Balaban J connectivity index is 1.02. The van der Waals surface area contributed by atoms with Gasteiger partial charge in [0.15, 0.2) is 12.0 Å². The molecule has 3 atom stereocenters. The summed E-state index contributed by atoms with van der Waals surface area (Å²) in [6, 6.07) is -1.75. The predicted molar refractivity (Wildman–Crippen MR) is 162 cm³/mol. The van der Waals surface area contributed by atoms with Crippen molar-refractivity contribution in [1.82, 2.24) is 19.6 Å². The maximum absolute atomic E-state index is 13.2. The number of carbonyl (C=O) groups is 4. The predicted octanol–water partition coefficient (Wildman–Crippen LogP) is 3.71. The molecule has 3 aliphatic heterocycles. The monoisotopic (exact) mass is 600 g/mol. The first kappa shape index (κ1) is 31.6. The lowest BCUT2D eigenvalue weighted by Gasteiger charge is -2.47. The summed E-state index contributed by atoms with van der Waals surface area (Å²) in [4.78, 5) is 57.3. The number of piperidine rings is 1. The lowest BCUT2D eigenvalue weighted by Crippen LogP contribution is -2.70. The number of piperazine rings is 1. The number of aliphatic carboxylic acids is 1. The minimum atomic E-state index is -1.18. The van der Waals surface area contributed by atoms with E-state index in [0.717, 1.165) is 48.3 Å². The van der Waals surface area contributed by atoms with Crippen LogP contribution in [-0.4, -0.2) is 99.8 Å². The maximum Gasteiger partial charge on any atom is 0.327 e. The van der Waals surface area contributed by atoms with Gasteiger partial charge in [0.1, 0.15) is 0 Å². The average Bonchev–Trinajstić information content (AvgIpc) is 3.02. The molecule has 43 heavy (non-hydrogen) atoms. The lowest BCUT2D eigenvalue weighted by atomic mass is 9.70. The van der Waals surface area contributed by atoms with Crippen LogP contribution in [0.25, 0.3) is 0 Å². The van der Waals surface area contributed by atoms with Crippen molar-refractivity contribution in [3.8, 4) is 0 Å². The van der Waals surface area contributed by atoms with Crippen LogP contribution in [-0.2, 0) is 14.4 Å². The van der Waals surface area contributed by atoms with E-state index in [-0.39, 0.29) is 17.8 Å². The highest BCUT2D eigenvalue weighted by Gasteiger charge is 2.56. The number of hydrogen-bond donors (Lipinski definition) is 3. The number of nitrogens with one attached hydrogen (secondary N) is 1. The van der Waals surface area contributed by atoms with E-state index < -0.39 is 29.9 Å². The molecule has 4 N–H and O–H groups in total. The molecule has 3 heterocycles. The lowest BCUT2D eigenvalue weighted by molar-refractivity contribution is -0.167. The maximum atomic E-state index is 13.2. The minimum absolute atomic E-state index is 0.0131. The van der Waals surface area contributed by atoms with Crippen molar-refractivity contribution in [2.24, 2.45) is 35.3 Å². The van der Waals surface area contributed by atoms with Gasteiger partial charge in [0.25, 0.3) is 0 Å². The van der Waals surface area contributed by atoms with E-state index in [1.54, 1.807) is 4.90 Å². The molecule has 0 aromatic carbocycles. The second-order valence-electron chi connectivity index (χ2n) is 13.9. The van der Waals surface area contributed by atoms with Crippen LogP contribution in [0.4, 0.5) is 4.79 Å². The zero-order valence-corrected chi connectivity index (χ0v) is 25.8. The number of carboxylic acid groups (broad SMARTS) is 1. The van der Waals surface area contributed by atoms with Crippen molar-refractivity contribution >= 4 is 29.8 Å². The van der Waals surface area contributed by atoms with Gasteiger partial charge in [-0.2, -0.15) is 0 Å². The van der Waals surface area contributed by atoms with E-state index in [9.17, 15) is 24.3 Å². The number of β-lactam (4-membered cyclic amide) rings is 1. The molecule has 2 unspecified atom stereocenters. The van der Waals surface area contributed by atoms with Crippen LogP contribution in [0.1, 0.15) is 96.3 Å². The van der Waals surface area contributed by atoms with E-state index >= 15 is 0 Å². The Labute approximate surface area is 256 Å². The molecular formula is C32H52N6O5. The number of carboxylic acids is 1. The molecule has 0 spiro atoms. The molecule has 0 radical (unpaired) electrons. The van der Waals surface area contributed by atoms with E-state index in [0.29, 0.717) is 52.1 Å². The number of likely N-dealkylation sites (tertiary alicyclic amines) is 2. The van der Waals surface area contributed by atoms with E-state index in [1.807, 2.05) is 4.90 Å². The average molecular weight is 601 g/mol. The van der Waals surface area contributed by atoms with Gasteiger partial charge in [-0.25, -0.2) is 14.5 Å². The largest absolute Gasteiger partial charge is 0.480 e. The van der Waals surface area contributed by atoms with Crippen LogP contribution in [0.3, 0.4) is 0 Å². The minimum Gasteiger partial charge on any atom is -0.480 e. The molecule has 5 fully saturated rings. The van der Waals surface area contributed by atoms with Crippen LogP contribution >= 0.6 is 0 Å². The molecule has 11 nitrogen and oxygen atoms in total. The van der Waals surface area contributed by atoms with Crippen LogP contribution in [0.5, 0.6) is 0 Å².